The third kappa shape index (κ3) is 3.73. The van der Waals surface area contributed by atoms with Crippen molar-refractivity contribution in [3.05, 3.63) is 0 Å². The van der Waals surface area contributed by atoms with E-state index in [1.165, 1.54) is 19.3 Å². The van der Waals surface area contributed by atoms with E-state index in [4.69, 9.17) is 5.26 Å². The maximum absolute atomic E-state index is 8.55. The molecule has 2 unspecified atom stereocenters. The van der Waals surface area contributed by atoms with Gasteiger partial charge in [-0.1, -0.05) is 12.8 Å². The van der Waals surface area contributed by atoms with Crippen LogP contribution >= 0.6 is 0 Å². The normalized spacial score (nSPS) is 21.4. The van der Waals surface area contributed by atoms with Crippen LogP contribution in [0.1, 0.15) is 33.1 Å². The van der Waals surface area contributed by atoms with Crippen LogP contribution in [0.25, 0.3) is 0 Å². The van der Waals surface area contributed by atoms with Gasteiger partial charge in [-0.25, -0.2) is 0 Å². The van der Waals surface area contributed by atoms with Crippen molar-refractivity contribution in [2.45, 2.75) is 39.2 Å². The first-order chi connectivity index (χ1) is 5.72. The molecule has 1 N–H and O–H groups in total. The van der Waals surface area contributed by atoms with Gasteiger partial charge in [0, 0.05) is 12.6 Å². The number of hydrogen-bond acceptors (Lipinski definition) is 2. The lowest BCUT2D eigenvalue weighted by Gasteiger charge is -2.13. The Kier molecular flexibility index (Phi) is 3.55. The van der Waals surface area contributed by atoms with Gasteiger partial charge < -0.3 is 5.32 Å². The molecule has 0 aromatic carbocycles. The van der Waals surface area contributed by atoms with Gasteiger partial charge in [-0.15, -0.1) is 0 Å². The molecule has 2 nitrogen and oxygen atoms in total. The summed E-state index contributed by atoms with van der Waals surface area (Å²) in [4.78, 5) is 0. The van der Waals surface area contributed by atoms with Crippen molar-refractivity contribution in [3.63, 3.8) is 0 Å². The average molecular weight is 166 g/mol. The Morgan fingerprint density at radius 1 is 1.50 bits per heavy atom. The minimum atomic E-state index is 0.145. The highest BCUT2D eigenvalue weighted by Gasteiger charge is 2.23. The number of nitriles is 1. The van der Waals surface area contributed by atoms with Crippen LogP contribution < -0.4 is 5.32 Å². The zero-order valence-corrected chi connectivity index (χ0v) is 8.01. The van der Waals surface area contributed by atoms with Gasteiger partial charge in [-0.2, -0.15) is 5.26 Å². The monoisotopic (exact) mass is 166 g/mol. The Bertz CT molecular complexity index is 167. The molecule has 1 aliphatic rings. The molecule has 0 aliphatic heterocycles. The van der Waals surface area contributed by atoms with Crippen LogP contribution in [-0.2, 0) is 0 Å². The summed E-state index contributed by atoms with van der Waals surface area (Å²) in [6.07, 6.45) is 4.12. The Morgan fingerprint density at radius 3 is 2.67 bits per heavy atom. The minimum Gasteiger partial charge on any atom is -0.313 e. The molecule has 0 aromatic rings. The van der Waals surface area contributed by atoms with E-state index in [9.17, 15) is 0 Å². The smallest absolute Gasteiger partial charge is 0.0666 e. The summed E-state index contributed by atoms with van der Waals surface area (Å²) in [6.45, 7) is 5.00. The van der Waals surface area contributed by atoms with Crippen molar-refractivity contribution < 1.29 is 0 Å². The fraction of sp³-hybridized carbons (Fsp3) is 0.900. The van der Waals surface area contributed by atoms with E-state index in [1.807, 2.05) is 6.92 Å². The number of nitrogens with zero attached hydrogens (tertiary/aromatic N) is 1. The van der Waals surface area contributed by atoms with Crippen molar-refractivity contribution in [2.24, 2.45) is 11.8 Å². The van der Waals surface area contributed by atoms with Crippen LogP contribution in [-0.4, -0.2) is 12.6 Å². The van der Waals surface area contributed by atoms with Gasteiger partial charge in [0.05, 0.1) is 12.0 Å². The van der Waals surface area contributed by atoms with E-state index in [0.29, 0.717) is 6.04 Å². The molecule has 0 saturated heterocycles. The second-order valence-electron chi connectivity index (χ2n) is 4.02. The van der Waals surface area contributed by atoms with Crippen LogP contribution in [0.5, 0.6) is 0 Å². The Balaban J connectivity index is 2.01. The summed E-state index contributed by atoms with van der Waals surface area (Å²) in [6, 6.07) is 2.82. The lowest BCUT2D eigenvalue weighted by atomic mass is 10.1. The van der Waals surface area contributed by atoms with Gasteiger partial charge in [0.2, 0.25) is 0 Å². The predicted molar refractivity (Wildman–Crippen MR) is 49.6 cm³/mol. The van der Waals surface area contributed by atoms with Crippen molar-refractivity contribution in [1.29, 1.82) is 5.26 Å². The van der Waals surface area contributed by atoms with E-state index < -0.39 is 0 Å². The Labute approximate surface area is 75.0 Å². The van der Waals surface area contributed by atoms with Crippen LogP contribution in [0.4, 0.5) is 0 Å². The van der Waals surface area contributed by atoms with Gasteiger partial charge in [0.1, 0.15) is 0 Å². The maximum atomic E-state index is 8.55. The predicted octanol–water partition coefficient (Wildman–Crippen LogP) is 1.92. The molecule has 1 fully saturated rings. The molecule has 0 radical (unpaired) electrons. The van der Waals surface area contributed by atoms with E-state index in [1.54, 1.807) is 0 Å². The maximum Gasteiger partial charge on any atom is 0.0666 e. The first kappa shape index (κ1) is 9.54. The van der Waals surface area contributed by atoms with Crippen LogP contribution in [0.2, 0.25) is 0 Å². The molecule has 0 aromatic heterocycles. The summed E-state index contributed by atoms with van der Waals surface area (Å²) in [7, 11) is 0. The van der Waals surface area contributed by atoms with Crippen LogP contribution in [0.3, 0.4) is 0 Å². The zero-order valence-electron chi connectivity index (χ0n) is 8.01. The van der Waals surface area contributed by atoms with Crippen molar-refractivity contribution in [1.82, 2.24) is 5.32 Å². The van der Waals surface area contributed by atoms with Gasteiger partial charge >= 0.3 is 0 Å². The van der Waals surface area contributed by atoms with Crippen molar-refractivity contribution >= 4 is 0 Å². The Hall–Kier alpha value is -0.550. The number of hydrogen-bond donors (Lipinski definition) is 1. The molecule has 0 bridgehead atoms. The summed E-state index contributed by atoms with van der Waals surface area (Å²) in [5.41, 5.74) is 0. The first-order valence-corrected chi connectivity index (χ1v) is 4.85. The molecule has 2 atom stereocenters. The lowest BCUT2D eigenvalue weighted by Crippen LogP contribution is -2.30. The fourth-order valence-electron chi connectivity index (χ4n) is 1.36. The second-order valence-corrected chi connectivity index (χ2v) is 4.02. The average Bonchev–Trinajstić information content (AvgIpc) is 2.84. The summed E-state index contributed by atoms with van der Waals surface area (Å²) in [5, 5.41) is 11.9. The topological polar surface area (TPSA) is 35.8 Å². The van der Waals surface area contributed by atoms with Gasteiger partial charge in [0.25, 0.3) is 0 Å². The molecule has 0 spiro atoms. The van der Waals surface area contributed by atoms with Gasteiger partial charge in [-0.05, 0) is 26.2 Å². The largest absolute Gasteiger partial charge is 0.313 e. The highest BCUT2D eigenvalue weighted by molar-refractivity contribution is 4.83. The second kappa shape index (κ2) is 4.47. The highest BCUT2D eigenvalue weighted by Crippen LogP contribution is 2.33. The lowest BCUT2D eigenvalue weighted by molar-refractivity contribution is 0.466. The molecule has 1 aliphatic carbocycles. The SMILES string of the molecule is CC(C#N)CNC(C)CC1CC1. The van der Waals surface area contributed by atoms with E-state index in [-0.39, 0.29) is 5.92 Å². The molecule has 0 amide bonds. The molecule has 1 rings (SSSR count). The van der Waals surface area contributed by atoms with Crippen LogP contribution in [0.15, 0.2) is 0 Å². The summed E-state index contributed by atoms with van der Waals surface area (Å²) >= 11 is 0. The van der Waals surface area contributed by atoms with E-state index >= 15 is 0 Å². The summed E-state index contributed by atoms with van der Waals surface area (Å²) in [5.74, 6) is 1.12. The molecule has 12 heavy (non-hydrogen) atoms. The van der Waals surface area contributed by atoms with Crippen molar-refractivity contribution in [3.8, 4) is 6.07 Å². The van der Waals surface area contributed by atoms with E-state index in [0.717, 1.165) is 12.5 Å². The highest BCUT2D eigenvalue weighted by atomic mass is 14.9. The fourth-order valence-corrected chi connectivity index (χ4v) is 1.36. The summed E-state index contributed by atoms with van der Waals surface area (Å²) < 4.78 is 0. The molecular weight excluding hydrogens is 148 g/mol. The van der Waals surface area contributed by atoms with Crippen LogP contribution in [0, 0.1) is 23.2 Å². The van der Waals surface area contributed by atoms with Gasteiger partial charge in [0.15, 0.2) is 0 Å². The van der Waals surface area contributed by atoms with Gasteiger partial charge in [-0.3, -0.25) is 0 Å². The molecule has 1 saturated carbocycles. The third-order valence-electron chi connectivity index (χ3n) is 2.38. The minimum absolute atomic E-state index is 0.145. The number of rotatable bonds is 5. The standard InChI is InChI=1S/C10H18N2/c1-8(6-11)7-12-9(2)5-10-3-4-10/h8-10,12H,3-5,7H2,1-2H3. The molecule has 2 heteroatoms. The third-order valence-corrected chi connectivity index (χ3v) is 2.38. The van der Waals surface area contributed by atoms with E-state index in [2.05, 4.69) is 18.3 Å². The Morgan fingerprint density at radius 2 is 2.17 bits per heavy atom. The molecular formula is C10H18N2. The molecule has 68 valence electrons. The molecule has 0 heterocycles. The quantitative estimate of drug-likeness (QED) is 0.677. The number of nitrogens with one attached hydrogen (secondary N) is 1. The zero-order chi connectivity index (χ0) is 8.97. The van der Waals surface area contributed by atoms with Crippen molar-refractivity contribution in [2.75, 3.05) is 6.54 Å². The first-order valence-electron chi connectivity index (χ1n) is 4.85.